The number of ether oxygens (including phenoxy) is 2. The van der Waals surface area contributed by atoms with Crippen molar-refractivity contribution in [2.45, 2.75) is 20.8 Å². The van der Waals surface area contributed by atoms with Crippen LogP contribution in [-0.4, -0.2) is 62.1 Å². The number of amides is 1. The summed E-state index contributed by atoms with van der Waals surface area (Å²) in [5.74, 6) is 1.61. The van der Waals surface area contributed by atoms with Crippen LogP contribution < -0.4 is 9.47 Å². The highest BCUT2D eigenvalue weighted by Crippen LogP contribution is 2.38. The fourth-order valence-electron chi connectivity index (χ4n) is 4.14. The van der Waals surface area contributed by atoms with E-state index in [1.54, 1.807) is 12.3 Å². The summed E-state index contributed by atoms with van der Waals surface area (Å²) >= 11 is 0. The van der Waals surface area contributed by atoms with Gasteiger partial charge in [0, 0.05) is 54.8 Å². The fraction of sp³-hybridized carbons (Fsp3) is 0.370. The van der Waals surface area contributed by atoms with Gasteiger partial charge in [-0.15, -0.1) is 0 Å². The van der Waals surface area contributed by atoms with Crippen LogP contribution in [-0.2, 0) is 4.79 Å². The van der Waals surface area contributed by atoms with Crippen molar-refractivity contribution in [3.8, 4) is 22.6 Å². The number of likely N-dealkylation sites (N-methyl/N-ethyl adjacent to an activating group) is 1. The average molecular weight is 449 g/mol. The van der Waals surface area contributed by atoms with Gasteiger partial charge in [0.25, 0.3) is 0 Å². The number of furan rings is 1. The van der Waals surface area contributed by atoms with Crippen molar-refractivity contribution in [1.29, 1.82) is 0 Å². The Balaban J connectivity index is 1.69. The van der Waals surface area contributed by atoms with Crippen LogP contribution in [0.15, 0.2) is 53.2 Å². The molecule has 6 heteroatoms. The molecule has 3 aromatic rings. The lowest BCUT2D eigenvalue weighted by atomic mass is 9.99. The molecule has 1 aliphatic heterocycles. The van der Waals surface area contributed by atoms with Crippen LogP contribution in [0.1, 0.15) is 26.3 Å². The van der Waals surface area contributed by atoms with Gasteiger partial charge in [-0.2, -0.15) is 0 Å². The summed E-state index contributed by atoms with van der Waals surface area (Å²) in [6.07, 6.45) is 3.50. The van der Waals surface area contributed by atoms with Crippen molar-refractivity contribution in [2.24, 2.45) is 0 Å². The molecular formula is C27H32N2O4. The van der Waals surface area contributed by atoms with Crippen molar-refractivity contribution < 1.29 is 18.7 Å². The van der Waals surface area contributed by atoms with E-state index in [1.807, 2.05) is 56.0 Å². The zero-order valence-electron chi connectivity index (χ0n) is 19.9. The van der Waals surface area contributed by atoms with Crippen LogP contribution in [0.2, 0.25) is 0 Å². The summed E-state index contributed by atoms with van der Waals surface area (Å²) in [4.78, 5) is 17.1. The number of hydrogen-bond acceptors (Lipinski definition) is 5. The van der Waals surface area contributed by atoms with Gasteiger partial charge in [-0.3, -0.25) is 4.79 Å². The molecule has 1 aromatic heterocycles. The van der Waals surface area contributed by atoms with Gasteiger partial charge in [0.2, 0.25) is 5.91 Å². The Morgan fingerprint density at radius 3 is 2.39 bits per heavy atom. The molecule has 2 aromatic carbocycles. The average Bonchev–Trinajstić information content (AvgIpc) is 3.22. The lowest BCUT2D eigenvalue weighted by Crippen LogP contribution is -2.46. The molecule has 1 fully saturated rings. The highest BCUT2D eigenvalue weighted by atomic mass is 16.5. The SMILES string of the molecule is CCOc1ccc(-c2coc3cc(OCC)c(/C(C)=C/C(=O)N4CCN(C)CC4)cc23)cc1. The van der Waals surface area contributed by atoms with Crippen LogP contribution in [0.3, 0.4) is 0 Å². The number of nitrogens with zero attached hydrogens (tertiary/aromatic N) is 2. The molecule has 6 nitrogen and oxygen atoms in total. The van der Waals surface area contributed by atoms with E-state index in [9.17, 15) is 4.79 Å². The maximum absolute atomic E-state index is 12.9. The number of carbonyl (C=O) groups excluding carboxylic acids is 1. The zero-order chi connectivity index (χ0) is 23.4. The molecule has 1 aliphatic rings. The van der Waals surface area contributed by atoms with Crippen LogP contribution in [0.4, 0.5) is 0 Å². The predicted octanol–water partition coefficient (Wildman–Crippen LogP) is 5.07. The molecule has 0 atom stereocenters. The topological polar surface area (TPSA) is 55.2 Å². The molecular weight excluding hydrogens is 416 g/mol. The van der Waals surface area contributed by atoms with Crippen LogP contribution in [0.25, 0.3) is 27.7 Å². The summed E-state index contributed by atoms with van der Waals surface area (Å²) in [6.45, 7) is 10.4. The van der Waals surface area contributed by atoms with Crippen molar-refractivity contribution in [2.75, 3.05) is 46.4 Å². The van der Waals surface area contributed by atoms with E-state index in [4.69, 9.17) is 13.9 Å². The van der Waals surface area contributed by atoms with Gasteiger partial charge < -0.3 is 23.7 Å². The molecule has 0 radical (unpaired) electrons. The lowest BCUT2D eigenvalue weighted by Gasteiger charge is -2.31. The minimum atomic E-state index is 0.0436. The first-order chi connectivity index (χ1) is 16.0. The Morgan fingerprint density at radius 2 is 1.73 bits per heavy atom. The van der Waals surface area contributed by atoms with Gasteiger partial charge >= 0.3 is 0 Å². The Labute approximate surface area is 195 Å². The quantitative estimate of drug-likeness (QED) is 0.472. The maximum atomic E-state index is 12.9. The molecule has 2 heterocycles. The maximum Gasteiger partial charge on any atom is 0.246 e. The van der Waals surface area contributed by atoms with Crippen LogP contribution in [0, 0.1) is 0 Å². The molecule has 0 saturated carbocycles. The molecule has 0 unspecified atom stereocenters. The van der Waals surface area contributed by atoms with E-state index in [2.05, 4.69) is 18.0 Å². The zero-order valence-corrected chi connectivity index (χ0v) is 19.9. The molecule has 0 bridgehead atoms. The number of rotatable bonds is 7. The van der Waals surface area contributed by atoms with Crippen molar-refractivity contribution in [1.82, 2.24) is 9.80 Å². The molecule has 0 aliphatic carbocycles. The monoisotopic (exact) mass is 448 g/mol. The van der Waals surface area contributed by atoms with E-state index in [0.29, 0.717) is 13.2 Å². The fourth-order valence-corrected chi connectivity index (χ4v) is 4.14. The van der Waals surface area contributed by atoms with Gasteiger partial charge in [0.05, 0.1) is 19.5 Å². The third-order valence-corrected chi connectivity index (χ3v) is 6.03. The number of fused-ring (bicyclic) bond motifs is 1. The predicted molar refractivity (Wildman–Crippen MR) is 132 cm³/mol. The number of hydrogen-bond donors (Lipinski definition) is 0. The first-order valence-corrected chi connectivity index (χ1v) is 11.6. The second-order valence-electron chi connectivity index (χ2n) is 8.34. The second kappa shape index (κ2) is 10.1. The number of piperazine rings is 1. The molecule has 174 valence electrons. The van der Waals surface area contributed by atoms with Crippen LogP contribution >= 0.6 is 0 Å². The van der Waals surface area contributed by atoms with E-state index in [-0.39, 0.29) is 5.91 Å². The Hall–Kier alpha value is -3.25. The van der Waals surface area contributed by atoms with Gasteiger partial charge in [-0.05, 0) is 57.2 Å². The molecule has 33 heavy (non-hydrogen) atoms. The normalized spacial score (nSPS) is 15.2. The van der Waals surface area contributed by atoms with Gasteiger partial charge in [0.15, 0.2) is 0 Å². The highest BCUT2D eigenvalue weighted by Gasteiger charge is 2.19. The molecule has 1 saturated heterocycles. The minimum absolute atomic E-state index is 0.0436. The van der Waals surface area contributed by atoms with Gasteiger partial charge in [-0.1, -0.05) is 12.1 Å². The van der Waals surface area contributed by atoms with Crippen molar-refractivity contribution >= 4 is 22.4 Å². The third kappa shape index (κ3) is 5.06. The van der Waals surface area contributed by atoms with Crippen LogP contribution in [0.5, 0.6) is 11.5 Å². The number of carbonyl (C=O) groups is 1. The molecule has 1 amide bonds. The van der Waals surface area contributed by atoms with E-state index >= 15 is 0 Å². The minimum Gasteiger partial charge on any atom is -0.494 e. The molecule has 4 rings (SSSR count). The first kappa shape index (κ1) is 22.9. The summed E-state index contributed by atoms with van der Waals surface area (Å²) in [7, 11) is 2.08. The van der Waals surface area contributed by atoms with E-state index in [1.165, 1.54) is 0 Å². The summed E-state index contributed by atoms with van der Waals surface area (Å²) in [5, 5.41) is 0.984. The smallest absolute Gasteiger partial charge is 0.246 e. The van der Waals surface area contributed by atoms with Crippen molar-refractivity contribution in [3.63, 3.8) is 0 Å². The molecule has 0 spiro atoms. The second-order valence-corrected chi connectivity index (χ2v) is 8.34. The highest BCUT2D eigenvalue weighted by molar-refractivity contribution is 6.00. The Kier molecular flexibility index (Phi) is 7.04. The van der Waals surface area contributed by atoms with Crippen molar-refractivity contribution in [3.05, 3.63) is 54.3 Å². The molecule has 0 N–H and O–H groups in total. The summed E-state index contributed by atoms with van der Waals surface area (Å²) in [5.41, 5.74) is 4.57. The van der Waals surface area contributed by atoms with Gasteiger partial charge in [0.1, 0.15) is 17.1 Å². The summed E-state index contributed by atoms with van der Waals surface area (Å²) < 4.78 is 17.4. The Morgan fingerprint density at radius 1 is 1.03 bits per heavy atom. The van der Waals surface area contributed by atoms with Gasteiger partial charge in [-0.25, -0.2) is 0 Å². The number of benzene rings is 2. The summed E-state index contributed by atoms with van der Waals surface area (Å²) in [6, 6.07) is 12.0. The first-order valence-electron chi connectivity index (χ1n) is 11.6. The largest absolute Gasteiger partial charge is 0.494 e. The Bertz CT molecular complexity index is 1140. The number of allylic oxidation sites excluding steroid dienone is 1. The van der Waals surface area contributed by atoms with E-state index in [0.717, 1.165) is 70.9 Å². The van der Waals surface area contributed by atoms with E-state index < -0.39 is 0 Å². The standard InChI is InChI=1S/C27H32N2O4/c1-5-31-21-9-7-20(8-10-21)24-18-33-26-17-25(32-6-2)22(16-23(24)26)19(3)15-27(30)29-13-11-28(4)12-14-29/h7-10,15-18H,5-6,11-14H2,1-4H3/b19-15+. The third-order valence-electron chi connectivity index (χ3n) is 6.03. The lowest BCUT2D eigenvalue weighted by molar-refractivity contribution is -0.127.